The van der Waals surface area contributed by atoms with Crippen molar-refractivity contribution in [2.75, 3.05) is 27.5 Å². The topological polar surface area (TPSA) is 48.0 Å². The van der Waals surface area contributed by atoms with Gasteiger partial charge in [0.25, 0.3) is 0 Å². The lowest BCUT2D eigenvalue weighted by atomic mass is 10.3. The van der Waals surface area contributed by atoms with E-state index in [0.717, 1.165) is 0 Å². The van der Waals surface area contributed by atoms with E-state index in [4.69, 9.17) is 13.6 Å². The van der Waals surface area contributed by atoms with Crippen molar-refractivity contribution in [1.82, 2.24) is 4.67 Å². The van der Waals surface area contributed by atoms with Gasteiger partial charge in [-0.05, 0) is 40.8 Å². The van der Waals surface area contributed by atoms with Crippen molar-refractivity contribution >= 4 is 15.9 Å². The molecular formula is C13H29NO4P2. The summed E-state index contributed by atoms with van der Waals surface area (Å²) in [5.74, 6) is 1.48. The van der Waals surface area contributed by atoms with Crippen molar-refractivity contribution in [1.29, 1.82) is 0 Å². The summed E-state index contributed by atoms with van der Waals surface area (Å²) in [4.78, 5) is 0. The van der Waals surface area contributed by atoms with Crippen LogP contribution in [0, 0.1) is 0 Å². The largest absolute Gasteiger partial charge is 0.353 e. The summed E-state index contributed by atoms with van der Waals surface area (Å²) in [6.45, 7) is 11.4. The maximum atomic E-state index is 11.8. The fourth-order valence-electron chi connectivity index (χ4n) is 1.97. The van der Waals surface area contributed by atoms with Crippen LogP contribution in [0.2, 0.25) is 0 Å². The third-order valence-electron chi connectivity index (χ3n) is 2.74. The van der Waals surface area contributed by atoms with Crippen LogP contribution in [-0.2, 0) is 18.1 Å². The molecule has 0 fully saturated rings. The zero-order valence-corrected chi connectivity index (χ0v) is 15.5. The molecule has 120 valence electrons. The van der Waals surface area contributed by atoms with Gasteiger partial charge in [-0.1, -0.05) is 6.08 Å². The highest BCUT2D eigenvalue weighted by Gasteiger charge is 2.21. The van der Waals surface area contributed by atoms with E-state index in [1.807, 2.05) is 0 Å². The second-order valence-corrected chi connectivity index (χ2v) is 8.70. The maximum absolute atomic E-state index is 11.8. The molecule has 0 aliphatic carbocycles. The molecule has 0 N–H and O–H groups in total. The molecule has 0 aliphatic rings. The maximum Gasteiger partial charge on any atom is 0.353 e. The van der Waals surface area contributed by atoms with Gasteiger partial charge in [-0.2, -0.15) is 0 Å². The molecule has 0 saturated heterocycles. The SMILES string of the molecule is COP(=O)(/C=C/CCOP(C)N(C(C)C)C(C)C)OC. The average Bonchev–Trinajstić information content (AvgIpc) is 2.37. The molecule has 1 atom stereocenters. The van der Waals surface area contributed by atoms with E-state index in [-0.39, 0.29) is 0 Å². The Morgan fingerprint density at radius 1 is 1.15 bits per heavy atom. The number of nitrogens with zero attached hydrogens (tertiary/aromatic N) is 1. The predicted octanol–water partition coefficient (Wildman–Crippen LogP) is 4.45. The van der Waals surface area contributed by atoms with Crippen LogP contribution in [-0.4, -0.2) is 44.2 Å². The first-order valence-corrected chi connectivity index (χ1v) is 10.1. The van der Waals surface area contributed by atoms with Crippen LogP contribution in [0.3, 0.4) is 0 Å². The van der Waals surface area contributed by atoms with Gasteiger partial charge in [0.15, 0.2) is 0 Å². The molecule has 0 heterocycles. The molecule has 0 amide bonds. The highest BCUT2D eigenvalue weighted by atomic mass is 31.2. The summed E-state index contributed by atoms with van der Waals surface area (Å²) in [6.07, 6.45) is 2.47. The number of hydrogen-bond donors (Lipinski definition) is 0. The summed E-state index contributed by atoms with van der Waals surface area (Å²) < 4.78 is 29.6. The van der Waals surface area contributed by atoms with Crippen LogP contribution in [0.1, 0.15) is 34.1 Å². The molecule has 20 heavy (non-hydrogen) atoms. The van der Waals surface area contributed by atoms with E-state index >= 15 is 0 Å². The fourth-order valence-corrected chi connectivity index (χ4v) is 4.57. The van der Waals surface area contributed by atoms with Crippen molar-refractivity contribution in [3.8, 4) is 0 Å². The summed E-state index contributed by atoms with van der Waals surface area (Å²) in [5.41, 5.74) is 0. The van der Waals surface area contributed by atoms with E-state index in [1.54, 1.807) is 6.08 Å². The average molecular weight is 325 g/mol. The Morgan fingerprint density at radius 3 is 2.05 bits per heavy atom. The Kier molecular flexibility index (Phi) is 10.2. The molecular weight excluding hydrogens is 296 g/mol. The summed E-state index contributed by atoms with van der Waals surface area (Å²) in [6, 6.07) is 0.924. The Balaban J connectivity index is 4.18. The first kappa shape index (κ1) is 20.2. The molecule has 0 radical (unpaired) electrons. The molecule has 0 aromatic rings. The van der Waals surface area contributed by atoms with Gasteiger partial charge in [-0.3, -0.25) is 9.24 Å². The Labute approximate surface area is 125 Å². The molecule has 0 aliphatic heterocycles. The summed E-state index contributed by atoms with van der Waals surface area (Å²) >= 11 is 0. The third-order valence-corrected chi connectivity index (χ3v) is 6.47. The van der Waals surface area contributed by atoms with E-state index in [2.05, 4.69) is 39.0 Å². The standard InChI is InChI=1S/C13H29NO4P2/c1-12(2)14(13(3)4)19(7)18-10-8-9-11-20(15,16-5)17-6/h9,11-13H,8,10H2,1-7H3/b11-9+. The van der Waals surface area contributed by atoms with E-state index in [9.17, 15) is 4.57 Å². The van der Waals surface area contributed by atoms with E-state index in [0.29, 0.717) is 25.1 Å². The molecule has 5 nitrogen and oxygen atoms in total. The molecule has 0 saturated carbocycles. The number of hydrogen-bond acceptors (Lipinski definition) is 5. The molecule has 0 aromatic carbocycles. The monoisotopic (exact) mass is 325 g/mol. The van der Waals surface area contributed by atoms with Gasteiger partial charge in [0, 0.05) is 32.1 Å². The van der Waals surface area contributed by atoms with Gasteiger partial charge in [0.1, 0.15) is 8.30 Å². The van der Waals surface area contributed by atoms with E-state index < -0.39 is 15.9 Å². The highest BCUT2D eigenvalue weighted by molar-refractivity contribution is 7.57. The van der Waals surface area contributed by atoms with Gasteiger partial charge in [0.05, 0.1) is 6.61 Å². The van der Waals surface area contributed by atoms with Gasteiger partial charge in [-0.15, -0.1) is 0 Å². The van der Waals surface area contributed by atoms with Crippen molar-refractivity contribution in [3.63, 3.8) is 0 Å². The summed E-state index contributed by atoms with van der Waals surface area (Å²) in [7, 11) is -0.894. The third kappa shape index (κ3) is 7.31. The Hall–Kier alpha value is 0.240. The Morgan fingerprint density at radius 2 is 1.65 bits per heavy atom. The smallest absolute Gasteiger partial charge is 0.343 e. The lowest BCUT2D eigenvalue weighted by molar-refractivity contribution is 0.259. The molecule has 1 unspecified atom stereocenters. The molecule has 7 heteroatoms. The van der Waals surface area contributed by atoms with Crippen molar-refractivity contribution in [2.24, 2.45) is 0 Å². The van der Waals surface area contributed by atoms with Crippen LogP contribution in [0.4, 0.5) is 0 Å². The minimum Gasteiger partial charge on any atom is -0.343 e. The van der Waals surface area contributed by atoms with Crippen LogP contribution in [0.5, 0.6) is 0 Å². The second kappa shape index (κ2) is 10.0. The molecule has 0 rings (SSSR count). The van der Waals surface area contributed by atoms with Crippen LogP contribution < -0.4 is 0 Å². The van der Waals surface area contributed by atoms with Crippen LogP contribution in [0.25, 0.3) is 0 Å². The quantitative estimate of drug-likeness (QED) is 0.438. The normalized spacial score (nSPS) is 14.9. The fraction of sp³-hybridized carbons (Fsp3) is 0.846. The van der Waals surface area contributed by atoms with Crippen molar-refractivity contribution in [2.45, 2.75) is 46.2 Å². The van der Waals surface area contributed by atoms with Gasteiger partial charge in [-0.25, -0.2) is 0 Å². The van der Waals surface area contributed by atoms with Gasteiger partial charge in [0.2, 0.25) is 0 Å². The van der Waals surface area contributed by atoms with Gasteiger partial charge >= 0.3 is 7.60 Å². The Bertz CT molecular complexity index is 318. The van der Waals surface area contributed by atoms with Crippen LogP contribution >= 0.6 is 15.9 Å². The number of rotatable bonds is 10. The first-order chi connectivity index (χ1) is 9.27. The minimum atomic E-state index is -3.04. The second-order valence-electron chi connectivity index (χ2n) is 4.94. The molecule has 0 aromatic heterocycles. The van der Waals surface area contributed by atoms with Crippen molar-refractivity contribution < 1.29 is 18.1 Å². The lowest BCUT2D eigenvalue weighted by Crippen LogP contribution is -2.32. The van der Waals surface area contributed by atoms with E-state index in [1.165, 1.54) is 20.0 Å². The predicted molar refractivity (Wildman–Crippen MR) is 86.3 cm³/mol. The zero-order chi connectivity index (χ0) is 15.8. The first-order valence-electron chi connectivity index (χ1n) is 6.81. The van der Waals surface area contributed by atoms with Crippen molar-refractivity contribution in [3.05, 3.63) is 11.9 Å². The minimum absolute atomic E-state index is 0.462. The lowest BCUT2D eigenvalue weighted by Gasteiger charge is -2.35. The summed E-state index contributed by atoms with van der Waals surface area (Å²) in [5, 5.41) is 0. The van der Waals surface area contributed by atoms with Gasteiger partial charge < -0.3 is 13.6 Å². The van der Waals surface area contributed by atoms with Crippen LogP contribution in [0.15, 0.2) is 11.9 Å². The highest BCUT2D eigenvalue weighted by Crippen LogP contribution is 2.48. The zero-order valence-electron chi connectivity index (χ0n) is 13.7. The molecule has 0 bridgehead atoms. The molecule has 0 spiro atoms.